The molecule has 0 nitrogen and oxygen atoms in total. The van der Waals surface area contributed by atoms with Gasteiger partial charge in [-0.1, -0.05) is 72.2 Å². The second-order valence-electron chi connectivity index (χ2n) is 6.85. The lowest BCUT2D eigenvalue weighted by Gasteiger charge is -2.01. The van der Waals surface area contributed by atoms with E-state index in [4.69, 9.17) is 0 Å². The van der Waals surface area contributed by atoms with Crippen LogP contribution in [0.3, 0.4) is 0 Å². The molecule has 0 aliphatic heterocycles. The van der Waals surface area contributed by atoms with E-state index in [1.807, 2.05) is 24.3 Å². The second-order valence-corrected chi connectivity index (χ2v) is 6.85. The summed E-state index contributed by atoms with van der Waals surface area (Å²) in [5.41, 5.74) is 6.64. The first-order chi connectivity index (χ1) is 13.7. The van der Waals surface area contributed by atoms with Gasteiger partial charge in [-0.15, -0.1) is 0 Å². The van der Waals surface area contributed by atoms with Crippen molar-refractivity contribution in [1.82, 2.24) is 0 Å². The predicted octanol–water partition coefficient (Wildman–Crippen LogP) is 6.26. The third kappa shape index (κ3) is 3.83. The van der Waals surface area contributed by atoms with Gasteiger partial charge in [0.05, 0.1) is 0 Å². The summed E-state index contributed by atoms with van der Waals surface area (Å²) < 4.78 is 0. The van der Waals surface area contributed by atoms with Gasteiger partial charge in [-0.05, 0) is 72.1 Å². The fraction of sp³-hybridized carbons (Fsp3) is 0.0714. The van der Waals surface area contributed by atoms with Gasteiger partial charge in [-0.2, -0.15) is 0 Å². The average Bonchev–Trinajstić information content (AvgIpc) is 2.74. The molecule has 0 bridgehead atoms. The van der Waals surface area contributed by atoms with Gasteiger partial charge in [-0.3, -0.25) is 0 Å². The van der Waals surface area contributed by atoms with Gasteiger partial charge >= 0.3 is 0 Å². The van der Waals surface area contributed by atoms with Crippen LogP contribution in [0.5, 0.6) is 0 Å². The van der Waals surface area contributed by atoms with Gasteiger partial charge in [0, 0.05) is 22.3 Å². The Morgan fingerprint density at radius 3 is 1.82 bits per heavy atom. The molecule has 0 atom stereocenters. The summed E-state index contributed by atoms with van der Waals surface area (Å²) in [4.78, 5) is 0. The molecule has 4 aromatic carbocycles. The first kappa shape index (κ1) is 17.7. The average molecular weight is 356 g/mol. The Morgan fingerprint density at radius 1 is 0.500 bits per heavy atom. The van der Waals surface area contributed by atoms with Crippen molar-refractivity contribution in [2.45, 2.75) is 13.8 Å². The molecule has 0 aromatic heterocycles. The molecule has 0 unspecified atom stereocenters. The normalized spacial score (nSPS) is 9.93. The summed E-state index contributed by atoms with van der Waals surface area (Å²) in [6, 6.07) is 28.9. The van der Waals surface area contributed by atoms with Crippen molar-refractivity contribution in [2.75, 3.05) is 0 Å². The fourth-order valence-electron chi connectivity index (χ4n) is 3.14. The van der Waals surface area contributed by atoms with E-state index >= 15 is 0 Å². The first-order valence-electron chi connectivity index (χ1n) is 9.39. The molecular weight excluding hydrogens is 336 g/mol. The van der Waals surface area contributed by atoms with Crippen molar-refractivity contribution in [2.24, 2.45) is 0 Å². The molecule has 4 aromatic rings. The van der Waals surface area contributed by atoms with E-state index in [-0.39, 0.29) is 0 Å². The van der Waals surface area contributed by atoms with E-state index in [9.17, 15) is 0 Å². The molecule has 0 aliphatic carbocycles. The summed E-state index contributed by atoms with van der Waals surface area (Å²) in [5, 5.41) is 2.40. The van der Waals surface area contributed by atoms with E-state index in [0.29, 0.717) is 0 Å². The maximum absolute atomic E-state index is 3.31. The van der Waals surface area contributed by atoms with Gasteiger partial charge in [0.25, 0.3) is 0 Å². The van der Waals surface area contributed by atoms with Gasteiger partial charge in [0.1, 0.15) is 0 Å². The van der Waals surface area contributed by atoms with Crippen LogP contribution in [0.15, 0.2) is 84.9 Å². The number of aryl methyl sites for hydroxylation is 1. The largest absolute Gasteiger partial charge is 0.0616 e. The maximum Gasteiger partial charge on any atom is 0.0327 e. The fourth-order valence-corrected chi connectivity index (χ4v) is 3.14. The number of hydrogen-bond donors (Lipinski definition) is 0. The Bertz CT molecular complexity index is 1260. The third-order valence-corrected chi connectivity index (χ3v) is 4.96. The lowest BCUT2D eigenvalue weighted by molar-refractivity contribution is 1.32. The second kappa shape index (κ2) is 7.87. The molecule has 0 aliphatic rings. The van der Waals surface area contributed by atoms with Crippen LogP contribution in [-0.2, 0) is 0 Å². The standard InChI is InChI=1S/C28H20/c1-21-7-5-9-25(22(21)2)19-17-23-13-15-24(16-14-23)18-20-27-11-6-10-26-8-3-4-12-28(26)27/h3-16H,1-2H3. The molecule has 0 amide bonds. The Morgan fingerprint density at radius 2 is 1.07 bits per heavy atom. The SMILES string of the molecule is Cc1cccc(C#Cc2ccc(C#Cc3cccc4ccccc34)cc2)c1C. The van der Waals surface area contributed by atoms with E-state index in [1.165, 1.54) is 21.9 Å². The Kier molecular flexibility index (Phi) is 4.97. The van der Waals surface area contributed by atoms with Crippen molar-refractivity contribution in [3.63, 3.8) is 0 Å². The lowest BCUT2D eigenvalue weighted by atomic mass is 10.0. The van der Waals surface area contributed by atoms with Crippen molar-refractivity contribution < 1.29 is 0 Å². The number of rotatable bonds is 0. The lowest BCUT2D eigenvalue weighted by Crippen LogP contribution is -1.86. The molecular formula is C28H20. The van der Waals surface area contributed by atoms with Gasteiger partial charge < -0.3 is 0 Å². The molecule has 0 saturated carbocycles. The molecule has 28 heavy (non-hydrogen) atoms. The molecule has 4 rings (SSSR count). The highest BCUT2D eigenvalue weighted by Gasteiger charge is 1.98. The van der Waals surface area contributed by atoms with Crippen LogP contribution in [0, 0.1) is 37.5 Å². The van der Waals surface area contributed by atoms with Crippen LogP contribution in [0.1, 0.15) is 33.4 Å². The molecule has 0 saturated heterocycles. The zero-order valence-electron chi connectivity index (χ0n) is 16.1. The molecule has 0 fully saturated rings. The summed E-state index contributed by atoms with van der Waals surface area (Å²) in [5.74, 6) is 13.1. The minimum atomic E-state index is 0.991. The molecule has 0 spiro atoms. The van der Waals surface area contributed by atoms with Crippen LogP contribution < -0.4 is 0 Å². The van der Waals surface area contributed by atoms with Crippen LogP contribution in [0.4, 0.5) is 0 Å². The summed E-state index contributed by atoms with van der Waals surface area (Å²) >= 11 is 0. The minimum Gasteiger partial charge on any atom is -0.0616 e. The minimum absolute atomic E-state index is 0.991. The van der Waals surface area contributed by atoms with E-state index < -0.39 is 0 Å². The number of benzene rings is 4. The van der Waals surface area contributed by atoms with Crippen LogP contribution >= 0.6 is 0 Å². The topological polar surface area (TPSA) is 0 Å². The van der Waals surface area contributed by atoms with Crippen LogP contribution in [-0.4, -0.2) is 0 Å². The molecule has 132 valence electrons. The van der Waals surface area contributed by atoms with Crippen molar-refractivity contribution in [3.8, 4) is 23.7 Å². The smallest absolute Gasteiger partial charge is 0.0327 e. The maximum atomic E-state index is 3.31. The van der Waals surface area contributed by atoms with Crippen LogP contribution in [0.25, 0.3) is 10.8 Å². The van der Waals surface area contributed by atoms with Gasteiger partial charge in [-0.25, -0.2) is 0 Å². The van der Waals surface area contributed by atoms with Gasteiger partial charge in [0.2, 0.25) is 0 Å². The Balaban J connectivity index is 1.58. The molecule has 0 heteroatoms. The first-order valence-corrected chi connectivity index (χ1v) is 9.39. The zero-order chi connectivity index (χ0) is 19.3. The Hall–Kier alpha value is -3.74. The summed E-state index contributed by atoms with van der Waals surface area (Å²) in [6.07, 6.45) is 0. The van der Waals surface area contributed by atoms with Gasteiger partial charge in [0.15, 0.2) is 0 Å². The highest BCUT2D eigenvalue weighted by Crippen LogP contribution is 2.17. The summed E-state index contributed by atoms with van der Waals surface area (Å²) in [6.45, 7) is 4.23. The van der Waals surface area contributed by atoms with E-state index in [2.05, 4.69) is 98.2 Å². The number of hydrogen-bond acceptors (Lipinski definition) is 0. The van der Waals surface area contributed by atoms with E-state index in [0.717, 1.165) is 22.3 Å². The monoisotopic (exact) mass is 356 g/mol. The van der Waals surface area contributed by atoms with Crippen LogP contribution in [0.2, 0.25) is 0 Å². The molecule has 0 heterocycles. The highest BCUT2D eigenvalue weighted by atomic mass is 14.0. The number of fused-ring (bicyclic) bond motifs is 1. The molecule has 0 radical (unpaired) electrons. The quantitative estimate of drug-likeness (QED) is 0.326. The van der Waals surface area contributed by atoms with Crippen molar-refractivity contribution in [1.29, 1.82) is 0 Å². The highest BCUT2D eigenvalue weighted by molar-refractivity contribution is 5.88. The zero-order valence-corrected chi connectivity index (χ0v) is 16.1. The third-order valence-electron chi connectivity index (χ3n) is 4.96. The summed E-state index contributed by atoms with van der Waals surface area (Å²) in [7, 11) is 0. The van der Waals surface area contributed by atoms with E-state index in [1.54, 1.807) is 0 Å². The predicted molar refractivity (Wildman–Crippen MR) is 118 cm³/mol. The van der Waals surface area contributed by atoms with Crippen molar-refractivity contribution >= 4 is 10.8 Å². The van der Waals surface area contributed by atoms with Crippen molar-refractivity contribution in [3.05, 3.63) is 118 Å². The Labute approximate surface area is 166 Å². The molecule has 0 N–H and O–H groups in total.